The molecule has 0 aromatic heterocycles. The first-order chi connectivity index (χ1) is 11.7. The first kappa shape index (κ1) is 16.9. The Labute approximate surface area is 146 Å². The first-order valence-corrected chi connectivity index (χ1v) is 9.07. The molecule has 3 N–H and O–H groups in total. The van der Waals surface area contributed by atoms with E-state index in [0.717, 1.165) is 41.8 Å². The number of hydrogen-bond donors (Lipinski definition) is 2. The summed E-state index contributed by atoms with van der Waals surface area (Å²) in [5.74, 6) is -0.212. The number of esters is 1. The molecule has 126 valence electrons. The smallest absolute Gasteiger partial charge is 0.328 e. The Morgan fingerprint density at radius 2 is 1.75 bits per heavy atom. The molecule has 1 unspecified atom stereocenters. The van der Waals surface area contributed by atoms with Gasteiger partial charge in [-0.25, -0.2) is 9.52 Å². The summed E-state index contributed by atoms with van der Waals surface area (Å²) in [6, 6.07) is 16.7. The van der Waals surface area contributed by atoms with E-state index in [2.05, 4.69) is 4.72 Å². The summed E-state index contributed by atoms with van der Waals surface area (Å²) in [5, 5.41) is 0. The summed E-state index contributed by atoms with van der Waals surface area (Å²) >= 11 is 1.41. The van der Waals surface area contributed by atoms with Crippen LogP contribution in [-0.4, -0.2) is 12.1 Å². The number of nitrogens with two attached hydrogens (primary N) is 1. The van der Waals surface area contributed by atoms with Crippen LogP contribution < -0.4 is 10.5 Å². The predicted octanol–water partition coefficient (Wildman–Crippen LogP) is 4.09. The monoisotopic (exact) mass is 342 g/mol. The van der Waals surface area contributed by atoms with Crippen molar-refractivity contribution in [2.45, 2.75) is 42.7 Å². The minimum atomic E-state index is -0.491. The number of hydrogen-bond acceptors (Lipinski definition) is 5. The molecule has 0 bridgehead atoms. The molecule has 1 aliphatic rings. The van der Waals surface area contributed by atoms with E-state index in [1.165, 1.54) is 11.9 Å². The zero-order valence-electron chi connectivity index (χ0n) is 13.5. The van der Waals surface area contributed by atoms with Crippen molar-refractivity contribution in [2.24, 2.45) is 0 Å². The van der Waals surface area contributed by atoms with Gasteiger partial charge in [0.05, 0.1) is 0 Å². The van der Waals surface area contributed by atoms with Crippen molar-refractivity contribution in [3.63, 3.8) is 0 Å². The van der Waals surface area contributed by atoms with Crippen molar-refractivity contribution >= 4 is 23.6 Å². The lowest BCUT2D eigenvalue weighted by Crippen LogP contribution is -2.28. The minimum absolute atomic E-state index is 0.0621. The highest BCUT2D eigenvalue weighted by Crippen LogP contribution is 2.26. The molecule has 0 radical (unpaired) electrons. The van der Waals surface area contributed by atoms with Gasteiger partial charge in [0.2, 0.25) is 0 Å². The fourth-order valence-corrected chi connectivity index (χ4v) is 3.56. The van der Waals surface area contributed by atoms with Crippen LogP contribution in [0.5, 0.6) is 0 Å². The van der Waals surface area contributed by atoms with E-state index in [4.69, 9.17) is 10.5 Å². The van der Waals surface area contributed by atoms with E-state index in [9.17, 15) is 4.79 Å². The maximum Gasteiger partial charge on any atom is 0.328 e. The van der Waals surface area contributed by atoms with Crippen molar-refractivity contribution in [1.29, 1.82) is 0 Å². The van der Waals surface area contributed by atoms with Gasteiger partial charge < -0.3 is 10.5 Å². The van der Waals surface area contributed by atoms with Crippen LogP contribution >= 0.6 is 11.9 Å². The number of carbonyl (C=O) groups is 1. The van der Waals surface area contributed by atoms with E-state index in [0.29, 0.717) is 0 Å². The van der Waals surface area contributed by atoms with Crippen molar-refractivity contribution in [3.8, 4) is 0 Å². The lowest BCUT2D eigenvalue weighted by Gasteiger charge is -2.20. The maximum atomic E-state index is 12.7. The van der Waals surface area contributed by atoms with Crippen LogP contribution in [0.4, 0.5) is 5.69 Å². The molecule has 3 rings (SSSR count). The van der Waals surface area contributed by atoms with Gasteiger partial charge in [0.1, 0.15) is 12.1 Å². The molecule has 1 atom stereocenters. The summed E-state index contributed by atoms with van der Waals surface area (Å²) in [5.41, 5.74) is 7.34. The third-order valence-electron chi connectivity index (χ3n) is 4.13. The number of nitrogens with one attached hydrogen (secondary N) is 1. The lowest BCUT2D eigenvalue weighted by molar-refractivity contribution is -0.150. The number of rotatable bonds is 6. The average molecular weight is 342 g/mol. The molecule has 2 aromatic rings. The second-order valence-electron chi connectivity index (χ2n) is 5.98. The SMILES string of the molecule is Nc1ccc(SNC(C(=O)OC2CCCC2)c2ccccc2)cc1. The Balaban J connectivity index is 1.69. The summed E-state index contributed by atoms with van der Waals surface area (Å²) in [6.07, 6.45) is 4.28. The third-order valence-corrected chi connectivity index (χ3v) is 4.99. The van der Waals surface area contributed by atoms with Gasteiger partial charge in [-0.15, -0.1) is 0 Å². The standard InChI is InChI=1S/C19H22N2O2S/c20-15-10-12-17(13-11-15)24-21-18(14-6-2-1-3-7-14)19(22)23-16-8-4-5-9-16/h1-3,6-7,10-13,16,18,21H,4-5,8-9,20H2. The summed E-state index contributed by atoms with van der Waals surface area (Å²) in [7, 11) is 0. The van der Waals surface area contributed by atoms with Gasteiger partial charge in [-0.05, 0) is 67.5 Å². The van der Waals surface area contributed by atoms with Crippen LogP contribution in [0.1, 0.15) is 37.3 Å². The van der Waals surface area contributed by atoms with Crippen molar-refractivity contribution < 1.29 is 9.53 Å². The molecule has 5 heteroatoms. The number of anilines is 1. The normalized spacial score (nSPS) is 16.0. The van der Waals surface area contributed by atoms with Crippen LogP contribution in [0.3, 0.4) is 0 Å². The molecular weight excluding hydrogens is 320 g/mol. The van der Waals surface area contributed by atoms with Gasteiger partial charge in [0.15, 0.2) is 0 Å². The van der Waals surface area contributed by atoms with Crippen LogP contribution in [0.2, 0.25) is 0 Å². The molecule has 1 fully saturated rings. The van der Waals surface area contributed by atoms with Gasteiger partial charge in [-0.1, -0.05) is 30.3 Å². The van der Waals surface area contributed by atoms with Gasteiger partial charge in [-0.3, -0.25) is 0 Å². The highest BCUT2D eigenvalue weighted by molar-refractivity contribution is 7.97. The quantitative estimate of drug-likeness (QED) is 0.470. The van der Waals surface area contributed by atoms with E-state index in [1.54, 1.807) is 0 Å². The second-order valence-corrected chi connectivity index (χ2v) is 6.89. The Bertz CT molecular complexity index is 655. The van der Waals surface area contributed by atoms with Crippen LogP contribution in [-0.2, 0) is 9.53 Å². The lowest BCUT2D eigenvalue weighted by atomic mass is 10.1. The van der Waals surface area contributed by atoms with Gasteiger partial charge in [-0.2, -0.15) is 0 Å². The molecule has 0 aliphatic heterocycles. The number of benzene rings is 2. The Morgan fingerprint density at radius 1 is 1.08 bits per heavy atom. The first-order valence-electron chi connectivity index (χ1n) is 8.26. The summed E-state index contributed by atoms with van der Waals surface area (Å²) < 4.78 is 8.95. The minimum Gasteiger partial charge on any atom is -0.461 e. The zero-order chi connectivity index (χ0) is 16.8. The predicted molar refractivity (Wildman–Crippen MR) is 97.4 cm³/mol. The number of nitrogen functional groups attached to an aromatic ring is 1. The Hall–Kier alpha value is -1.98. The summed E-state index contributed by atoms with van der Waals surface area (Å²) in [6.45, 7) is 0. The molecule has 0 spiro atoms. The van der Waals surface area contributed by atoms with Crippen molar-refractivity contribution in [2.75, 3.05) is 5.73 Å². The van der Waals surface area contributed by atoms with Crippen molar-refractivity contribution in [3.05, 3.63) is 60.2 Å². The van der Waals surface area contributed by atoms with Gasteiger partial charge in [0, 0.05) is 10.6 Å². The maximum absolute atomic E-state index is 12.7. The fourth-order valence-electron chi connectivity index (χ4n) is 2.80. The van der Waals surface area contributed by atoms with E-state index in [1.807, 2.05) is 54.6 Å². The Kier molecular flexibility index (Phi) is 5.77. The zero-order valence-corrected chi connectivity index (χ0v) is 14.3. The number of carbonyl (C=O) groups excluding carboxylic acids is 1. The van der Waals surface area contributed by atoms with Crippen LogP contribution in [0.15, 0.2) is 59.5 Å². The molecule has 0 heterocycles. The van der Waals surface area contributed by atoms with Crippen LogP contribution in [0.25, 0.3) is 0 Å². The molecule has 4 nitrogen and oxygen atoms in total. The van der Waals surface area contributed by atoms with Gasteiger partial charge >= 0.3 is 5.97 Å². The molecule has 1 aliphatic carbocycles. The van der Waals surface area contributed by atoms with Crippen LogP contribution in [0, 0.1) is 0 Å². The largest absolute Gasteiger partial charge is 0.461 e. The molecule has 1 saturated carbocycles. The molecule has 2 aromatic carbocycles. The second kappa shape index (κ2) is 8.22. The van der Waals surface area contributed by atoms with E-state index < -0.39 is 6.04 Å². The molecule has 24 heavy (non-hydrogen) atoms. The van der Waals surface area contributed by atoms with Gasteiger partial charge in [0.25, 0.3) is 0 Å². The topological polar surface area (TPSA) is 64.3 Å². The average Bonchev–Trinajstić information content (AvgIpc) is 3.11. The third kappa shape index (κ3) is 4.52. The molecule has 0 saturated heterocycles. The summed E-state index contributed by atoms with van der Waals surface area (Å²) in [4.78, 5) is 13.7. The van der Waals surface area contributed by atoms with E-state index >= 15 is 0 Å². The highest BCUT2D eigenvalue weighted by atomic mass is 32.2. The Morgan fingerprint density at radius 3 is 2.42 bits per heavy atom. The highest BCUT2D eigenvalue weighted by Gasteiger charge is 2.26. The molecule has 0 amide bonds. The van der Waals surface area contributed by atoms with E-state index in [-0.39, 0.29) is 12.1 Å². The number of ether oxygens (including phenoxy) is 1. The van der Waals surface area contributed by atoms with Crippen molar-refractivity contribution in [1.82, 2.24) is 4.72 Å². The fraction of sp³-hybridized carbons (Fsp3) is 0.316. The molecular formula is C19H22N2O2S.